The monoisotopic (exact) mass is 298 g/mol. The summed E-state index contributed by atoms with van der Waals surface area (Å²) >= 11 is 2.89. The van der Waals surface area contributed by atoms with Crippen LogP contribution in [0, 0.1) is 0 Å². The van der Waals surface area contributed by atoms with Gasteiger partial charge in [-0.15, -0.1) is 34.9 Å². The number of alkyl halides is 3. The Morgan fingerprint density at radius 2 is 1.88 bits per heavy atom. The highest BCUT2D eigenvalue weighted by atomic mass is 32.2. The Bertz CT molecular complexity index is 415. The number of thiophene rings is 1. The average Bonchev–Trinajstić information content (AvgIpc) is 2.76. The summed E-state index contributed by atoms with van der Waals surface area (Å²) < 4.78 is 38.7. The van der Waals surface area contributed by atoms with E-state index < -0.39 is 17.5 Å². The SMILES string of the molecule is CSC(SC)=C(C(=O)c1cccs1)C(F)(F)F. The fourth-order valence-electron chi connectivity index (χ4n) is 1.16. The number of carbonyl (C=O) groups excluding carboxylic acids is 1. The maximum absolute atomic E-state index is 12.9. The first-order chi connectivity index (χ1) is 7.91. The minimum Gasteiger partial charge on any atom is -0.288 e. The fraction of sp³-hybridized carbons (Fsp3) is 0.300. The van der Waals surface area contributed by atoms with Crippen LogP contribution in [0.4, 0.5) is 13.2 Å². The van der Waals surface area contributed by atoms with Gasteiger partial charge in [0, 0.05) is 0 Å². The highest BCUT2D eigenvalue weighted by Crippen LogP contribution is 2.39. The Balaban J connectivity index is 3.26. The van der Waals surface area contributed by atoms with Gasteiger partial charge in [0.05, 0.1) is 9.11 Å². The second-order valence-corrected chi connectivity index (χ2v) is 5.71. The number of rotatable bonds is 4. The molecular formula is C10H9F3OS3. The molecule has 0 radical (unpaired) electrons. The van der Waals surface area contributed by atoms with Gasteiger partial charge in [0.1, 0.15) is 5.57 Å². The lowest BCUT2D eigenvalue weighted by atomic mass is 10.1. The van der Waals surface area contributed by atoms with E-state index >= 15 is 0 Å². The van der Waals surface area contributed by atoms with Crippen molar-refractivity contribution in [2.24, 2.45) is 0 Å². The van der Waals surface area contributed by atoms with Crippen molar-refractivity contribution >= 4 is 40.6 Å². The average molecular weight is 298 g/mol. The molecule has 0 N–H and O–H groups in total. The molecule has 0 saturated heterocycles. The van der Waals surface area contributed by atoms with E-state index in [-0.39, 0.29) is 9.11 Å². The van der Waals surface area contributed by atoms with Crippen molar-refractivity contribution in [3.63, 3.8) is 0 Å². The summed E-state index contributed by atoms with van der Waals surface area (Å²) in [5, 5.41) is 1.58. The number of halogens is 3. The molecule has 0 bridgehead atoms. The van der Waals surface area contributed by atoms with Crippen molar-refractivity contribution in [3.8, 4) is 0 Å². The molecule has 0 aliphatic rings. The molecule has 0 aromatic carbocycles. The molecule has 1 heterocycles. The van der Waals surface area contributed by atoms with Gasteiger partial charge >= 0.3 is 6.18 Å². The molecule has 0 atom stereocenters. The van der Waals surface area contributed by atoms with Crippen LogP contribution >= 0.6 is 34.9 Å². The van der Waals surface area contributed by atoms with Crippen molar-refractivity contribution in [2.75, 3.05) is 12.5 Å². The first-order valence-corrected chi connectivity index (χ1v) is 7.72. The summed E-state index contributed by atoms with van der Waals surface area (Å²) in [6.07, 6.45) is -1.57. The fourth-order valence-corrected chi connectivity index (χ4v) is 3.32. The minimum atomic E-state index is -4.62. The lowest BCUT2D eigenvalue weighted by Gasteiger charge is -2.13. The van der Waals surface area contributed by atoms with Crippen LogP contribution in [0.3, 0.4) is 0 Å². The maximum Gasteiger partial charge on any atom is 0.421 e. The predicted octanol–water partition coefficient (Wildman–Crippen LogP) is 4.43. The van der Waals surface area contributed by atoms with E-state index in [1.54, 1.807) is 11.4 Å². The molecule has 0 amide bonds. The topological polar surface area (TPSA) is 17.1 Å². The number of hydrogen-bond donors (Lipinski definition) is 0. The summed E-state index contributed by atoms with van der Waals surface area (Å²) in [4.78, 5) is 11.9. The third-order valence-electron chi connectivity index (χ3n) is 1.83. The van der Waals surface area contributed by atoms with E-state index in [9.17, 15) is 18.0 Å². The summed E-state index contributed by atoms with van der Waals surface area (Å²) in [5.41, 5.74) is -1.07. The van der Waals surface area contributed by atoms with E-state index in [0.717, 1.165) is 34.9 Å². The number of carbonyl (C=O) groups is 1. The van der Waals surface area contributed by atoms with Crippen molar-refractivity contribution in [1.82, 2.24) is 0 Å². The number of hydrogen-bond acceptors (Lipinski definition) is 4. The zero-order valence-electron chi connectivity index (χ0n) is 9.00. The van der Waals surface area contributed by atoms with Gasteiger partial charge in [0.25, 0.3) is 0 Å². The molecule has 0 fully saturated rings. The van der Waals surface area contributed by atoms with Crippen LogP contribution in [-0.2, 0) is 0 Å². The second-order valence-electron chi connectivity index (χ2n) is 2.87. The van der Waals surface area contributed by atoms with Gasteiger partial charge in [-0.25, -0.2) is 0 Å². The maximum atomic E-state index is 12.9. The van der Waals surface area contributed by atoms with Crippen molar-refractivity contribution in [3.05, 3.63) is 32.2 Å². The van der Waals surface area contributed by atoms with Crippen molar-refractivity contribution in [2.45, 2.75) is 6.18 Å². The van der Waals surface area contributed by atoms with Crippen LogP contribution in [0.2, 0.25) is 0 Å². The van der Waals surface area contributed by atoms with E-state index in [1.807, 2.05) is 0 Å². The molecule has 0 aliphatic carbocycles. The third-order valence-corrected chi connectivity index (χ3v) is 4.85. The molecule has 7 heteroatoms. The van der Waals surface area contributed by atoms with Gasteiger partial charge < -0.3 is 0 Å². The highest BCUT2D eigenvalue weighted by Gasteiger charge is 2.41. The Labute approximate surface area is 109 Å². The van der Waals surface area contributed by atoms with Gasteiger partial charge in [-0.2, -0.15) is 13.2 Å². The first-order valence-electron chi connectivity index (χ1n) is 4.39. The summed E-state index contributed by atoms with van der Waals surface area (Å²) in [5.74, 6) is -0.953. The van der Waals surface area contributed by atoms with Crippen molar-refractivity contribution < 1.29 is 18.0 Å². The molecule has 0 spiro atoms. The Hall–Kier alpha value is -0.400. The van der Waals surface area contributed by atoms with Crippen LogP contribution in [0.5, 0.6) is 0 Å². The molecule has 94 valence electrons. The van der Waals surface area contributed by atoms with Crippen LogP contribution in [0.25, 0.3) is 0 Å². The standard InChI is InChI=1S/C10H9F3OS3/c1-15-9(16-2)7(10(11,12)13)8(14)6-4-3-5-17-6/h3-5H,1-2H3. The van der Waals surface area contributed by atoms with Crippen LogP contribution in [0.1, 0.15) is 9.67 Å². The molecule has 1 aromatic rings. The van der Waals surface area contributed by atoms with E-state index in [4.69, 9.17) is 0 Å². The number of thioether (sulfide) groups is 2. The largest absolute Gasteiger partial charge is 0.421 e. The lowest BCUT2D eigenvalue weighted by molar-refractivity contribution is -0.0886. The van der Waals surface area contributed by atoms with Crippen LogP contribution < -0.4 is 0 Å². The van der Waals surface area contributed by atoms with Gasteiger partial charge in [0.2, 0.25) is 5.78 Å². The molecule has 17 heavy (non-hydrogen) atoms. The smallest absolute Gasteiger partial charge is 0.288 e. The third kappa shape index (κ3) is 3.53. The molecule has 0 saturated carbocycles. The molecule has 0 unspecified atom stereocenters. The molecular weight excluding hydrogens is 289 g/mol. The quantitative estimate of drug-likeness (QED) is 0.604. The van der Waals surface area contributed by atoms with Crippen LogP contribution in [-0.4, -0.2) is 24.5 Å². The van der Waals surface area contributed by atoms with E-state index in [2.05, 4.69) is 0 Å². The first kappa shape index (κ1) is 14.7. The van der Waals surface area contributed by atoms with E-state index in [1.165, 1.54) is 18.6 Å². The zero-order valence-corrected chi connectivity index (χ0v) is 11.4. The summed E-state index contributed by atoms with van der Waals surface area (Å²) in [7, 11) is 0. The predicted molar refractivity (Wildman–Crippen MR) is 68.8 cm³/mol. The number of ketones is 1. The van der Waals surface area contributed by atoms with Gasteiger partial charge in [-0.3, -0.25) is 4.79 Å². The Morgan fingerprint density at radius 1 is 1.29 bits per heavy atom. The molecule has 1 aromatic heterocycles. The Morgan fingerprint density at radius 3 is 2.24 bits per heavy atom. The Kier molecular flexibility index (Phi) is 5.15. The number of allylic oxidation sites excluding steroid dienone is 1. The highest BCUT2D eigenvalue weighted by molar-refractivity contribution is 8.21. The van der Waals surface area contributed by atoms with Crippen LogP contribution in [0.15, 0.2) is 27.3 Å². The normalized spacial score (nSPS) is 11.4. The van der Waals surface area contributed by atoms with Crippen molar-refractivity contribution in [1.29, 1.82) is 0 Å². The van der Waals surface area contributed by atoms with Gasteiger partial charge in [-0.05, 0) is 24.0 Å². The molecule has 1 rings (SSSR count). The minimum absolute atomic E-state index is 0.00380. The molecule has 0 aliphatic heterocycles. The molecule has 1 nitrogen and oxygen atoms in total. The van der Waals surface area contributed by atoms with Gasteiger partial charge in [0.15, 0.2) is 0 Å². The van der Waals surface area contributed by atoms with Gasteiger partial charge in [-0.1, -0.05) is 6.07 Å². The second kappa shape index (κ2) is 5.97. The summed E-state index contributed by atoms with van der Waals surface area (Å²) in [6.45, 7) is 0. The summed E-state index contributed by atoms with van der Waals surface area (Å²) in [6, 6.07) is 2.96. The van der Waals surface area contributed by atoms with E-state index in [0.29, 0.717) is 0 Å². The number of Topliss-reactive ketones (excluding diaryl/α,β-unsaturated/α-hetero) is 1. The zero-order chi connectivity index (χ0) is 13.1. The lowest BCUT2D eigenvalue weighted by Crippen LogP contribution is -2.21.